The van der Waals surface area contributed by atoms with Gasteiger partial charge in [0, 0.05) is 11.2 Å². The van der Waals surface area contributed by atoms with Crippen molar-refractivity contribution in [2.45, 2.75) is 20.0 Å². The van der Waals surface area contributed by atoms with Crippen LogP contribution in [0.4, 0.5) is 5.69 Å². The van der Waals surface area contributed by atoms with Crippen LogP contribution in [0.1, 0.15) is 23.1 Å². The Labute approximate surface area is 153 Å². The molecule has 1 aromatic heterocycles. The number of ether oxygens (including phenoxy) is 1. The van der Waals surface area contributed by atoms with Gasteiger partial charge in [0.1, 0.15) is 0 Å². The minimum Gasteiger partial charge on any atom is -0.448 e. The normalized spacial score (nSPS) is 11.7. The summed E-state index contributed by atoms with van der Waals surface area (Å²) in [5, 5.41) is 3.17. The zero-order chi connectivity index (χ0) is 17.9. The summed E-state index contributed by atoms with van der Waals surface area (Å²) >= 11 is 17.8. The summed E-state index contributed by atoms with van der Waals surface area (Å²) in [4.78, 5) is 31.9. The van der Waals surface area contributed by atoms with E-state index in [0.717, 1.165) is 0 Å². The molecule has 1 heterocycles. The molecule has 0 aliphatic carbocycles. The van der Waals surface area contributed by atoms with Gasteiger partial charge in [0.15, 0.2) is 11.8 Å². The molecular formula is C15H12Cl3N3O3. The van der Waals surface area contributed by atoms with E-state index in [1.807, 2.05) is 0 Å². The van der Waals surface area contributed by atoms with Crippen molar-refractivity contribution in [3.05, 3.63) is 51.0 Å². The lowest BCUT2D eigenvalue weighted by molar-refractivity contribution is -0.123. The minimum atomic E-state index is -1.09. The molecule has 24 heavy (non-hydrogen) atoms. The lowest BCUT2D eigenvalue weighted by Crippen LogP contribution is -2.30. The summed E-state index contributed by atoms with van der Waals surface area (Å²) in [6, 6.07) is 2.87. The predicted octanol–water partition coefficient (Wildman–Crippen LogP) is 3.93. The molecule has 1 atom stereocenters. The van der Waals surface area contributed by atoms with Crippen molar-refractivity contribution in [1.82, 2.24) is 9.97 Å². The number of carbonyl (C=O) groups is 2. The van der Waals surface area contributed by atoms with Crippen LogP contribution in [0.2, 0.25) is 15.1 Å². The zero-order valence-corrected chi connectivity index (χ0v) is 14.9. The molecule has 1 N–H and O–H groups in total. The fraction of sp³-hybridized carbons (Fsp3) is 0.200. The first kappa shape index (κ1) is 18.4. The first-order valence-electron chi connectivity index (χ1n) is 6.73. The van der Waals surface area contributed by atoms with E-state index in [-0.39, 0.29) is 21.4 Å². The molecule has 1 aromatic carbocycles. The number of anilines is 1. The Hall–Kier alpha value is -1.89. The van der Waals surface area contributed by atoms with Crippen molar-refractivity contribution in [2.24, 2.45) is 0 Å². The quantitative estimate of drug-likeness (QED) is 0.803. The number of rotatable bonds is 4. The van der Waals surface area contributed by atoms with Gasteiger partial charge in [0.2, 0.25) is 0 Å². The van der Waals surface area contributed by atoms with E-state index in [2.05, 4.69) is 15.3 Å². The van der Waals surface area contributed by atoms with Crippen molar-refractivity contribution in [1.29, 1.82) is 0 Å². The number of hydrogen-bond acceptors (Lipinski definition) is 5. The molecule has 2 aromatic rings. The fourth-order valence-electron chi connectivity index (χ4n) is 1.66. The fourth-order valence-corrected chi connectivity index (χ4v) is 2.57. The Morgan fingerprint density at radius 3 is 2.29 bits per heavy atom. The van der Waals surface area contributed by atoms with Crippen molar-refractivity contribution in [3.8, 4) is 0 Å². The number of amides is 1. The maximum absolute atomic E-state index is 12.1. The molecule has 0 spiro atoms. The second-order valence-corrected chi connectivity index (χ2v) is 6.08. The third-order valence-electron chi connectivity index (χ3n) is 2.90. The average molecular weight is 389 g/mol. The van der Waals surface area contributed by atoms with Gasteiger partial charge in [-0.05, 0) is 26.0 Å². The summed E-state index contributed by atoms with van der Waals surface area (Å²) in [6.45, 7) is 3.14. The summed E-state index contributed by atoms with van der Waals surface area (Å²) in [7, 11) is 0. The summed E-state index contributed by atoms with van der Waals surface area (Å²) in [5.74, 6) is -1.37. The highest BCUT2D eigenvalue weighted by Gasteiger charge is 2.21. The van der Waals surface area contributed by atoms with E-state index in [1.54, 1.807) is 6.92 Å². The second kappa shape index (κ2) is 7.79. The van der Waals surface area contributed by atoms with Crippen LogP contribution in [-0.4, -0.2) is 27.9 Å². The molecule has 126 valence electrons. The van der Waals surface area contributed by atoms with Gasteiger partial charge < -0.3 is 10.1 Å². The smallest absolute Gasteiger partial charge is 0.359 e. The number of carbonyl (C=O) groups excluding carboxylic acids is 2. The lowest BCUT2D eigenvalue weighted by Gasteiger charge is -2.15. The van der Waals surface area contributed by atoms with Crippen molar-refractivity contribution in [2.75, 3.05) is 5.32 Å². The van der Waals surface area contributed by atoms with E-state index >= 15 is 0 Å². The first-order valence-corrected chi connectivity index (χ1v) is 7.86. The van der Waals surface area contributed by atoms with Crippen molar-refractivity contribution < 1.29 is 14.3 Å². The van der Waals surface area contributed by atoms with Crippen LogP contribution in [0.25, 0.3) is 0 Å². The Kier molecular flexibility index (Phi) is 5.99. The Morgan fingerprint density at radius 1 is 1.12 bits per heavy atom. The highest BCUT2D eigenvalue weighted by atomic mass is 35.5. The van der Waals surface area contributed by atoms with Gasteiger partial charge in [0.25, 0.3) is 5.91 Å². The number of hydrogen-bond donors (Lipinski definition) is 1. The molecule has 1 amide bonds. The molecule has 0 aliphatic rings. The van der Waals surface area contributed by atoms with E-state index in [0.29, 0.717) is 10.7 Å². The first-order chi connectivity index (χ1) is 11.3. The number of esters is 1. The van der Waals surface area contributed by atoms with Gasteiger partial charge in [0.05, 0.1) is 27.6 Å². The zero-order valence-electron chi connectivity index (χ0n) is 12.6. The summed E-state index contributed by atoms with van der Waals surface area (Å²) in [6.07, 6.45) is 1.60. The molecule has 0 saturated carbocycles. The molecule has 9 heteroatoms. The second-order valence-electron chi connectivity index (χ2n) is 4.82. The third kappa shape index (κ3) is 4.56. The molecule has 0 aliphatic heterocycles. The maximum Gasteiger partial charge on any atom is 0.359 e. The number of nitrogens with zero attached hydrogens (tertiary/aromatic N) is 2. The Morgan fingerprint density at radius 2 is 1.75 bits per heavy atom. The largest absolute Gasteiger partial charge is 0.448 e. The topological polar surface area (TPSA) is 81.2 Å². The van der Waals surface area contributed by atoms with Gasteiger partial charge in [-0.1, -0.05) is 34.8 Å². The number of aryl methyl sites for hydroxylation is 1. The van der Waals surface area contributed by atoms with Crippen LogP contribution in [0.15, 0.2) is 24.5 Å². The monoisotopic (exact) mass is 387 g/mol. The van der Waals surface area contributed by atoms with Crippen LogP contribution in [-0.2, 0) is 9.53 Å². The van der Waals surface area contributed by atoms with Gasteiger partial charge in [-0.25, -0.2) is 9.78 Å². The molecule has 6 nitrogen and oxygen atoms in total. The predicted molar refractivity (Wildman–Crippen MR) is 91.7 cm³/mol. The molecule has 0 unspecified atom stereocenters. The SMILES string of the molecule is Cc1cnc(C(=O)O[C@H](C)C(=O)Nc2c(Cl)cc(Cl)cc2Cl)cn1. The Bertz CT molecular complexity index is 758. The standard InChI is InChI=1S/C15H12Cl3N3O3/c1-7-5-20-12(6-19-7)15(23)24-8(2)14(22)21-13-10(17)3-9(16)4-11(13)18/h3-6,8H,1-2H3,(H,21,22)/t8-/m1/s1. The molecule has 0 fully saturated rings. The molecular weight excluding hydrogens is 377 g/mol. The summed E-state index contributed by atoms with van der Waals surface area (Å²) < 4.78 is 5.05. The van der Waals surface area contributed by atoms with Gasteiger partial charge in [-0.2, -0.15) is 0 Å². The van der Waals surface area contributed by atoms with Crippen LogP contribution in [0.3, 0.4) is 0 Å². The van der Waals surface area contributed by atoms with E-state index in [1.165, 1.54) is 31.5 Å². The van der Waals surface area contributed by atoms with E-state index in [9.17, 15) is 9.59 Å². The third-order valence-corrected chi connectivity index (χ3v) is 3.71. The van der Waals surface area contributed by atoms with E-state index in [4.69, 9.17) is 39.5 Å². The van der Waals surface area contributed by atoms with Crippen LogP contribution < -0.4 is 5.32 Å². The molecule has 0 saturated heterocycles. The maximum atomic E-state index is 12.1. The number of nitrogens with one attached hydrogen (secondary N) is 1. The molecule has 2 rings (SSSR count). The minimum absolute atomic E-state index is 0.00260. The number of halogens is 3. The lowest BCUT2D eigenvalue weighted by atomic mass is 10.3. The van der Waals surface area contributed by atoms with Crippen LogP contribution >= 0.6 is 34.8 Å². The number of benzene rings is 1. The summed E-state index contributed by atoms with van der Waals surface area (Å²) in [5.41, 5.74) is 0.845. The average Bonchev–Trinajstić information content (AvgIpc) is 2.51. The molecule has 0 bridgehead atoms. The highest BCUT2D eigenvalue weighted by molar-refractivity contribution is 6.42. The Balaban J connectivity index is 2.05. The van der Waals surface area contributed by atoms with Gasteiger partial charge in [-0.15, -0.1) is 0 Å². The van der Waals surface area contributed by atoms with Crippen molar-refractivity contribution in [3.63, 3.8) is 0 Å². The highest BCUT2D eigenvalue weighted by Crippen LogP contribution is 2.33. The van der Waals surface area contributed by atoms with Crippen LogP contribution in [0, 0.1) is 6.92 Å². The van der Waals surface area contributed by atoms with Gasteiger partial charge >= 0.3 is 5.97 Å². The van der Waals surface area contributed by atoms with Crippen LogP contribution in [0.5, 0.6) is 0 Å². The van der Waals surface area contributed by atoms with E-state index < -0.39 is 18.0 Å². The van der Waals surface area contributed by atoms with Crippen molar-refractivity contribution >= 4 is 52.4 Å². The molecule has 0 radical (unpaired) electrons. The van der Waals surface area contributed by atoms with Gasteiger partial charge in [-0.3, -0.25) is 9.78 Å². The number of aromatic nitrogens is 2.